The molecule has 4 heteroatoms. The minimum Gasteiger partial charge on any atom is -0.352 e. The van der Waals surface area contributed by atoms with Gasteiger partial charge in [-0.1, -0.05) is 97.4 Å². The third-order valence-electron chi connectivity index (χ3n) is 6.18. The Hall–Kier alpha value is -3.40. The molecule has 3 aromatic rings. The highest BCUT2D eigenvalue weighted by molar-refractivity contribution is 5.88. The fourth-order valence-corrected chi connectivity index (χ4v) is 4.04. The van der Waals surface area contributed by atoms with Crippen molar-refractivity contribution in [1.29, 1.82) is 0 Å². The van der Waals surface area contributed by atoms with E-state index in [2.05, 4.69) is 11.4 Å². The van der Waals surface area contributed by atoms with Gasteiger partial charge < -0.3 is 10.2 Å². The first kappa shape index (κ1) is 25.2. The zero-order valence-electron chi connectivity index (χ0n) is 20.5. The molecule has 0 heterocycles. The van der Waals surface area contributed by atoms with Crippen molar-refractivity contribution in [2.45, 2.75) is 65.1 Å². The number of carbonyl (C=O) groups excluding carboxylic acids is 2. The van der Waals surface area contributed by atoms with E-state index >= 15 is 0 Å². The van der Waals surface area contributed by atoms with Crippen LogP contribution in [0.5, 0.6) is 0 Å². The second-order valence-corrected chi connectivity index (χ2v) is 9.02. The van der Waals surface area contributed by atoms with Gasteiger partial charge in [0.25, 0.3) is 0 Å². The molecule has 0 aliphatic rings. The number of hydrogen-bond donors (Lipinski definition) is 1. The predicted octanol–water partition coefficient (Wildman–Crippen LogP) is 5.48. The molecule has 0 spiro atoms. The second-order valence-electron chi connectivity index (χ2n) is 9.02. The van der Waals surface area contributed by atoms with Crippen molar-refractivity contribution in [2.24, 2.45) is 0 Å². The van der Waals surface area contributed by atoms with E-state index in [9.17, 15) is 9.59 Å². The smallest absolute Gasteiger partial charge is 0.243 e. The number of rotatable bonds is 11. The zero-order valence-corrected chi connectivity index (χ0v) is 20.5. The van der Waals surface area contributed by atoms with Crippen molar-refractivity contribution in [3.05, 3.63) is 107 Å². The van der Waals surface area contributed by atoms with E-state index in [1.54, 1.807) is 4.90 Å². The van der Waals surface area contributed by atoms with Gasteiger partial charge in [0, 0.05) is 25.4 Å². The maximum Gasteiger partial charge on any atom is 0.243 e. The Balaban J connectivity index is 1.91. The Bertz CT molecular complexity index is 1050. The van der Waals surface area contributed by atoms with Crippen molar-refractivity contribution in [3.63, 3.8) is 0 Å². The lowest BCUT2D eigenvalue weighted by molar-refractivity contribution is -0.141. The van der Waals surface area contributed by atoms with Crippen LogP contribution in [0.4, 0.5) is 0 Å². The van der Waals surface area contributed by atoms with Gasteiger partial charge in [0.2, 0.25) is 11.8 Å². The van der Waals surface area contributed by atoms with Gasteiger partial charge in [0.15, 0.2) is 0 Å². The van der Waals surface area contributed by atoms with E-state index in [0.29, 0.717) is 25.8 Å². The van der Waals surface area contributed by atoms with Crippen molar-refractivity contribution >= 4 is 11.8 Å². The molecule has 0 radical (unpaired) electrons. The first-order valence-electron chi connectivity index (χ1n) is 12.2. The summed E-state index contributed by atoms with van der Waals surface area (Å²) in [5.41, 5.74) is 4.33. The molecule has 0 bridgehead atoms. The van der Waals surface area contributed by atoms with Gasteiger partial charge in [0.1, 0.15) is 6.04 Å². The minimum absolute atomic E-state index is 0.00871. The Kier molecular flexibility index (Phi) is 9.45. The number of aryl methyl sites for hydroxylation is 2. The van der Waals surface area contributed by atoms with E-state index in [0.717, 1.165) is 28.7 Å². The third-order valence-corrected chi connectivity index (χ3v) is 6.18. The molecule has 3 rings (SSSR count). The molecule has 0 aliphatic heterocycles. The fourth-order valence-electron chi connectivity index (χ4n) is 4.04. The van der Waals surface area contributed by atoms with Crippen molar-refractivity contribution < 1.29 is 9.59 Å². The molecule has 0 unspecified atom stereocenters. The largest absolute Gasteiger partial charge is 0.352 e. The van der Waals surface area contributed by atoms with Crippen LogP contribution in [0.15, 0.2) is 84.9 Å². The Morgan fingerprint density at radius 1 is 0.853 bits per heavy atom. The molecule has 34 heavy (non-hydrogen) atoms. The van der Waals surface area contributed by atoms with Gasteiger partial charge in [-0.25, -0.2) is 0 Å². The molecule has 1 N–H and O–H groups in total. The molecular formula is C30H36N2O2. The lowest BCUT2D eigenvalue weighted by atomic mass is 10.0. The molecule has 0 saturated heterocycles. The van der Waals surface area contributed by atoms with Crippen molar-refractivity contribution in [2.75, 3.05) is 0 Å². The number of nitrogens with one attached hydrogen (secondary N) is 1. The number of nitrogens with zero attached hydrogens (tertiary/aromatic N) is 1. The highest BCUT2D eigenvalue weighted by Crippen LogP contribution is 2.18. The topological polar surface area (TPSA) is 49.4 Å². The molecule has 0 fully saturated rings. The average Bonchev–Trinajstić information content (AvgIpc) is 2.85. The van der Waals surface area contributed by atoms with Crippen LogP contribution in [-0.4, -0.2) is 28.8 Å². The summed E-state index contributed by atoms with van der Waals surface area (Å²) in [7, 11) is 0. The van der Waals surface area contributed by atoms with Gasteiger partial charge in [0.05, 0.1) is 0 Å². The van der Waals surface area contributed by atoms with Gasteiger partial charge in [-0.15, -0.1) is 0 Å². The Labute approximate surface area is 204 Å². The predicted molar refractivity (Wildman–Crippen MR) is 138 cm³/mol. The number of benzene rings is 3. The maximum atomic E-state index is 13.6. The molecule has 0 saturated carbocycles. The van der Waals surface area contributed by atoms with Crippen LogP contribution in [0, 0.1) is 6.92 Å². The summed E-state index contributed by atoms with van der Waals surface area (Å²) in [4.78, 5) is 28.9. The second kappa shape index (κ2) is 12.7. The molecule has 2 atom stereocenters. The number of hydrogen-bond acceptors (Lipinski definition) is 2. The van der Waals surface area contributed by atoms with Gasteiger partial charge in [-0.3, -0.25) is 9.59 Å². The quantitative estimate of drug-likeness (QED) is 0.415. The van der Waals surface area contributed by atoms with Crippen LogP contribution < -0.4 is 5.32 Å². The first-order chi connectivity index (χ1) is 16.5. The highest BCUT2D eigenvalue weighted by Gasteiger charge is 2.30. The molecule has 0 aromatic heterocycles. The van der Waals surface area contributed by atoms with Crippen LogP contribution in [0.25, 0.3) is 0 Å². The first-order valence-corrected chi connectivity index (χ1v) is 12.2. The lowest BCUT2D eigenvalue weighted by Crippen LogP contribution is -2.52. The van der Waals surface area contributed by atoms with Crippen molar-refractivity contribution in [3.8, 4) is 0 Å². The maximum absolute atomic E-state index is 13.6. The van der Waals surface area contributed by atoms with Gasteiger partial charge in [-0.2, -0.15) is 0 Å². The lowest BCUT2D eigenvalue weighted by Gasteiger charge is -2.32. The van der Waals surface area contributed by atoms with Crippen LogP contribution in [0.2, 0.25) is 0 Å². The Morgan fingerprint density at radius 2 is 1.47 bits per heavy atom. The SMILES string of the molecule is CC[C@@H](C)NC(=O)[C@H](Cc1ccccc1)N(Cc1cccc(C)c1)C(=O)CCc1ccccc1. The standard InChI is InChI=1S/C30H36N2O2/c1-4-24(3)31-30(34)28(21-26-15-9-6-10-16-26)32(22-27-17-11-12-23(2)20-27)29(33)19-18-25-13-7-5-8-14-25/h5-17,20,24,28H,4,18-19,21-22H2,1-3H3,(H,31,34)/t24-,28+/m1/s1. The van der Waals surface area contributed by atoms with E-state index in [1.165, 1.54) is 0 Å². The summed E-state index contributed by atoms with van der Waals surface area (Å²) in [5, 5.41) is 3.12. The summed E-state index contributed by atoms with van der Waals surface area (Å²) in [6, 6.07) is 27.6. The third kappa shape index (κ3) is 7.58. The number of amides is 2. The van der Waals surface area contributed by atoms with E-state index in [1.807, 2.05) is 99.6 Å². The van der Waals surface area contributed by atoms with E-state index in [-0.39, 0.29) is 17.9 Å². The molecular weight excluding hydrogens is 420 g/mol. The molecule has 3 aromatic carbocycles. The van der Waals surface area contributed by atoms with Crippen LogP contribution in [0.3, 0.4) is 0 Å². The zero-order chi connectivity index (χ0) is 24.3. The summed E-state index contributed by atoms with van der Waals surface area (Å²) in [5.74, 6) is -0.107. The van der Waals surface area contributed by atoms with E-state index < -0.39 is 6.04 Å². The summed E-state index contributed by atoms with van der Waals surface area (Å²) < 4.78 is 0. The minimum atomic E-state index is -0.583. The summed E-state index contributed by atoms with van der Waals surface area (Å²) in [6.45, 7) is 6.50. The average molecular weight is 457 g/mol. The molecule has 2 amide bonds. The van der Waals surface area contributed by atoms with Crippen LogP contribution in [0.1, 0.15) is 48.9 Å². The van der Waals surface area contributed by atoms with E-state index in [4.69, 9.17) is 0 Å². The highest BCUT2D eigenvalue weighted by atomic mass is 16.2. The van der Waals surface area contributed by atoms with Gasteiger partial charge in [-0.05, 0) is 43.4 Å². The fraction of sp³-hybridized carbons (Fsp3) is 0.333. The molecule has 0 aliphatic carbocycles. The Morgan fingerprint density at radius 3 is 2.09 bits per heavy atom. The molecule has 178 valence electrons. The monoisotopic (exact) mass is 456 g/mol. The van der Waals surface area contributed by atoms with Gasteiger partial charge >= 0.3 is 0 Å². The summed E-state index contributed by atoms with van der Waals surface area (Å²) >= 11 is 0. The normalized spacial score (nSPS) is 12.6. The van der Waals surface area contributed by atoms with Crippen molar-refractivity contribution in [1.82, 2.24) is 10.2 Å². The molecule has 4 nitrogen and oxygen atoms in total. The number of carbonyl (C=O) groups is 2. The summed E-state index contributed by atoms with van der Waals surface area (Å²) in [6.07, 6.45) is 2.32. The van der Waals surface area contributed by atoms with Crippen LogP contribution in [-0.2, 0) is 29.0 Å². The van der Waals surface area contributed by atoms with Crippen LogP contribution >= 0.6 is 0 Å².